The number of aryl methyl sites for hydroxylation is 1. The number of hydrogen-bond acceptors (Lipinski definition) is 2. The highest BCUT2D eigenvalue weighted by Gasteiger charge is 2.06. The monoisotopic (exact) mass is 395 g/mol. The fraction of sp³-hybridized carbons (Fsp3) is 0.0952. The second-order valence-electron chi connectivity index (χ2n) is 5.69. The summed E-state index contributed by atoms with van der Waals surface area (Å²) in [6.45, 7) is 1.92. The highest BCUT2D eigenvalue weighted by molar-refractivity contribution is 9.10. The Hall–Kier alpha value is -2.59. The Morgan fingerprint density at radius 1 is 0.960 bits per heavy atom. The van der Waals surface area contributed by atoms with Crippen LogP contribution in [-0.4, -0.2) is 12.5 Å². The third-order valence-corrected chi connectivity index (χ3v) is 4.29. The molecule has 1 amide bonds. The SMILES string of the molecule is Cc1cc(Br)ccc1NC(=O)COc1ccc(-c2ccccc2)cc1. The van der Waals surface area contributed by atoms with Gasteiger partial charge in [-0.3, -0.25) is 4.79 Å². The predicted molar refractivity (Wildman–Crippen MR) is 105 cm³/mol. The summed E-state index contributed by atoms with van der Waals surface area (Å²) in [6.07, 6.45) is 0. The lowest BCUT2D eigenvalue weighted by Crippen LogP contribution is -2.20. The molecule has 0 unspecified atom stereocenters. The van der Waals surface area contributed by atoms with Crippen molar-refractivity contribution in [1.82, 2.24) is 0 Å². The van der Waals surface area contributed by atoms with E-state index in [9.17, 15) is 4.79 Å². The zero-order valence-electron chi connectivity index (χ0n) is 13.8. The molecule has 0 aliphatic heterocycles. The fourth-order valence-corrected chi connectivity index (χ4v) is 2.95. The second kappa shape index (κ2) is 7.99. The van der Waals surface area contributed by atoms with Crippen LogP contribution in [0.1, 0.15) is 5.56 Å². The lowest BCUT2D eigenvalue weighted by molar-refractivity contribution is -0.118. The van der Waals surface area contributed by atoms with Gasteiger partial charge in [-0.1, -0.05) is 58.4 Å². The highest BCUT2D eigenvalue weighted by atomic mass is 79.9. The third-order valence-electron chi connectivity index (χ3n) is 3.79. The van der Waals surface area contributed by atoms with E-state index < -0.39 is 0 Å². The maximum atomic E-state index is 12.1. The van der Waals surface area contributed by atoms with Gasteiger partial charge in [0.25, 0.3) is 5.91 Å². The molecular weight excluding hydrogens is 378 g/mol. The number of halogens is 1. The Morgan fingerprint density at radius 3 is 2.32 bits per heavy atom. The van der Waals surface area contributed by atoms with Crippen LogP contribution in [0.3, 0.4) is 0 Å². The van der Waals surface area contributed by atoms with Crippen molar-refractivity contribution in [2.24, 2.45) is 0 Å². The molecule has 25 heavy (non-hydrogen) atoms. The minimum atomic E-state index is -0.183. The summed E-state index contributed by atoms with van der Waals surface area (Å²) in [5, 5.41) is 2.86. The number of carbonyl (C=O) groups excluding carboxylic acids is 1. The minimum absolute atomic E-state index is 0.0276. The van der Waals surface area contributed by atoms with Gasteiger partial charge < -0.3 is 10.1 Å². The molecule has 3 rings (SSSR count). The number of anilines is 1. The van der Waals surface area contributed by atoms with E-state index in [0.29, 0.717) is 5.75 Å². The number of nitrogens with one attached hydrogen (secondary N) is 1. The Kier molecular flexibility index (Phi) is 5.51. The van der Waals surface area contributed by atoms with E-state index in [0.717, 1.165) is 26.9 Å². The van der Waals surface area contributed by atoms with Gasteiger partial charge in [0.15, 0.2) is 6.61 Å². The lowest BCUT2D eigenvalue weighted by Gasteiger charge is -2.10. The van der Waals surface area contributed by atoms with Crippen molar-refractivity contribution in [2.45, 2.75) is 6.92 Å². The van der Waals surface area contributed by atoms with Crippen LogP contribution in [0.25, 0.3) is 11.1 Å². The van der Waals surface area contributed by atoms with E-state index in [1.165, 1.54) is 0 Å². The average molecular weight is 396 g/mol. The molecule has 0 atom stereocenters. The van der Waals surface area contributed by atoms with E-state index in [1.54, 1.807) is 0 Å². The number of ether oxygens (including phenoxy) is 1. The van der Waals surface area contributed by atoms with Gasteiger partial charge in [-0.15, -0.1) is 0 Å². The summed E-state index contributed by atoms with van der Waals surface area (Å²) >= 11 is 3.41. The predicted octanol–water partition coefficient (Wildman–Crippen LogP) is 5.44. The zero-order chi connectivity index (χ0) is 17.6. The molecule has 0 saturated heterocycles. The first-order valence-corrected chi connectivity index (χ1v) is 8.75. The van der Waals surface area contributed by atoms with Crippen molar-refractivity contribution in [3.63, 3.8) is 0 Å². The molecule has 0 fully saturated rings. The van der Waals surface area contributed by atoms with Crippen LogP contribution in [0.4, 0.5) is 5.69 Å². The minimum Gasteiger partial charge on any atom is -0.484 e. The van der Waals surface area contributed by atoms with Gasteiger partial charge in [-0.2, -0.15) is 0 Å². The van der Waals surface area contributed by atoms with E-state index in [1.807, 2.05) is 67.6 Å². The molecule has 0 aliphatic rings. The van der Waals surface area contributed by atoms with Crippen molar-refractivity contribution in [2.75, 3.05) is 11.9 Å². The standard InChI is InChI=1S/C21H18BrNO2/c1-15-13-18(22)9-12-20(15)23-21(24)14-25-19-10-7-17(8-11-19)16-5-3-2-4-6-16/h2-13H,14H2,1H3,(H,23,24). The number of amides is 1. The maximum Gasteiger partial charge on any atom is 0.262 e. The molecule has 0 heterocycles. The number of benzene rings is 3. The Balaban J connectivity index is 1.57. The van der Waals surface area contributed by atoms with Gasteiger partial charge in [0.05, 0.1) is 0 Å². The molecule has 0 radical (unpaired) electrons. The summed E-state index contributed by atoms with van der Waals surface area (Å²) in [6, 6.07) is 23.6. The van der Waals surface area contributed by atoms with E-state index >= 15 is 0 Å². The molecule has 0 saturated carbocycles. The van der Waals surface area contributed by atoms with Gasteiger partial charge in [-0.05, 0) is 53.9 Å². The zero-order valence-corrected chi connectivity index (χ0v) is 15.4. The third kappa shape index (κ3) is 4.70. The van der Waals surface area contributed by atoms with Crippen molar-refractivity contribution >= 4 is 27.5 Å². The largest absolute Gasteiger partial charge is 0.484 e. The van der Waals surface area contributed by atoms with Gasteiger partial charge in [0.1, 0.15) is 5.75 Å². The van der Waals surface area contributed by atoms with Crippen molar-refractivity contribution in [3.8, 4) is 16.9 Å². The van der Waals surface area contributed by atoms with Crippen molar-refractivity contribution in [1.29, 1.82) is 0 Å². The summed E-state index contributed by atoms with van der Waals surface area (Å²) in [4.78, 5) is 12.1. The number of rotatable bonds is 5. The number of carbonyl (C=O) groups is 1. The maximum absolute atomic E-state index is 12.1. The Morgan fingerprint density at radius 2 is 1.64 bits per heavy atom. The van der Waals surface area contributed by atoms with Gasteiger partial charge in [0, 0.05) is 10.2 Å². The van der Waals surface area contributed by atoms with E-state index in [-0.39, 0.29) is 12.5 Å². The smallest absolute Gasteiger partial charge is 0.262 e. The summed E-state index contributed by atoms with van der Waals surface area (Å²) in [5.41, 5.74) is 4.05. The molecule has 3 aromatic rings. The normalized spacial score (nSPS) is 10.3. The van der Waals surface area contributed by atoms with Gasteiger partial charge in [0.2, 0.25) is 0 Å². The van der Waals surface area contributed by atoms with Crippen LogP contribution < -0.4 is 10.1 Å². The Labute approximate surface area is 155 Å². The van der Waals surface area contributed by atoms with Crippen molar-refractivity contribution in [3.05, 3.63) is 82.8 Å². The molecule has 3 nitrogen and oxygen atoms in total. The van der Waals surface area contributed by atoms with Gasteiger partial charge in [-0.25, -0.2) is 0 Å². The molecule has 0 bridgehead atoms. The molecule has 1 N–H and O–H groups in total. The molecule has 0 aliphatic carbocycles. The van der Waals surface area contributed by atoms with Crippen LogP contribution in [0.2, 0.25) is 0 Å². The molecule has 126 valence electrons. The van der Waals surface area contributed by atoms with Gasteiger partial charge >= 0.3 is 0 Å². The van der Waals surface area contributed by atoms with Crippen LogP contribution in [0, 0.1) is 6.92 Å². The average Bonchev–Trinajstić information content (AvgIpc) is 2.63. The van der Waals surface area contributed by atoms with E-state index in [2.05, 4.69) is 33.4 Å². The highest BCUT2D eigenvalue weighted by Crippen LogP contribution is 2.22. The first kappa shape index (κ1) is 17.2. The Bertz CT molecular complexity index is 861. The first-order valence-electron chi connectivity index (χ1n) is 7.96. The quantitative estimate of drug-likeness (QED) is 0.624. The second-order valence-corrected chi connectivity index (χ2v) is 6.60. The number of hydrogen-bond donors (Lipinski definition) is 1. The topological polar surface area (TPSA) is 38.3 Å². The lowest BCUT2D eigenvalue weighted by atomic mass is 10.1. The van der Waals surface area contributed by atoms with Crippen LogP contribution in [0.5, 0.6) is 5.75 Å². The molecule has 0 spiro atoms. The summed E-state index contributed by atoms with van der Waals surface area (Å²) in [5.74, 6) is 0.486. The van der Waals surface area contributed by atoms with Crippen LogP contribution >= 0.6 is 15.9 Å². The summed E-state index contributed by atoms with van der Waals surface area (Å²) in [7, 11) is 0. The van der Waals surface area contributed by atoms with Crippen LogP contribution in [-0.2, 0) is 4.79 Å². The van der Waals surface area contributed by atoms with Crippen molar-refractivity contribution < 1.29 is 9.53 Å². The molecule has 0 aromatic heterocycles. The molecule has 3 aromatic carbocycles. The molecule has 4 heteroatoms. The summed E-state index contributed by atoms with van der Waals surface area (Å²) < 4.78 is 6.56. The first-order chi connectivity index (χ1) is 12.1. The molecular formula is C21H18BrNO2. The van der Waals surface area contributed by atoms with E-state index in [4.69, 9.17) is 4.74 Å². The van der Waals surface area contributed by atoms with Crippen LogP contribution in [0.15, 0.2) is 77.3 Å². The fourth-order valence-electron chi connectivity index (χ4n) is 2.48.